The molecule has 0 aliphatic heterocycles. The summed E-state index contributed by atoms with van der Waals surface area (Å²) in [5.74, 6) is 0.474. The molecule has 0 bridgehead atoms. The Morgan fingerprint density at radius 2 is 1.94 bits per heavy atom. The van der Waals surface area contributed by atoms with Crippen LogP contribution in [0.3, 0.4) is 0 Å². The molecular weight excluding hydrogens is 410 g/mol. The average molecular weight is 438 g/mol. The van der Waals surface area contributed by atoms with Crippen LogP contribution in [0, 0.1) is 0 Å². The minimum absolute atomic E-state index is 0.0495. The molecular formula is C24H27N3O3S. The summed E-state index contributed by atoms with van der Waals surface area (Å²) in [6, 6.07) is 9.65. The Hall–Kier alpha value is -2.61. The summed E-state index contributed by atoms with van der Waals surface area (Å²) < 4.78 is 22.2. The molecule has 7 heteroatoms. The number of benzene rings is 2. The number of carbonyl (C=O) groups excluding carboxylic acids is 1. The van der Waals surface area contributed by atoms with E-state index in [2.05, 4.69) is 29.5 Å². The van der Waals surface area contributed by atoms with E-state index in [1.165, 1.54) is 0 Å². The number of hydrogen-bond donors (Lipinski definition) is 0. The predicted molar refractivity (Wildman–Crippen MR) is 125 cm³/mol. The van der Waals surface area contributed by atoms with Gasteiger partial charge in [-0.15, -0.1) is 4.31 Å². The average Bonchev–Trinajstić information content (AvgIpc) is 3.04. The maximum Gasteiger partial charge on any atom is 0.216 e. The van der Waals surface area contributed by atoms with Gasteiger partial charge < -0.3 is 13.9 Å². The highest BCUT2D eigenvalue weighted by Crippen LogP contribution is 2.47. The number of ether oxygens (including phenoxy) is 1. The Kier molecular flexibility index (Phi) is 5.24. The normalized spacial score (nSPS) is 16.1. The van der Waals surface area contributed by atoms with Gasteiger partial charge in [-0.3, -0.25) is 9.79 Å². The summed E-state index contributed by atoms with van der Waals surface area (Å²) in [6.45, 7) is 4.23. The van der Waals surface area contributed by atoms with Crippen molar-refractivity contribution in [3.05, 3.63) is 58.3 Å². The lowest BCUT2D eigenvalue weighted by molar-refractivity contribution is 0.103. The number of fused-ring (bicyclic) bond motifs is 4. The van der Waals surface area contributed by atoms with Crippen LogP contribution in [0.25, 0.3) is 10.9 Å². The maximum atomic E-state index is 13.8. The number of methoxy groups -OCH3 is 1. The van der Waals surface area contributed by atoms with Crippen LogP contribution in [-0.4, -0.2) is 53.7 Å². The third-order valence-corrected chi connectivity index (χ3v) is 7.42. The summed E-state index contributed by atoms with van der Waals surface area (Å²) in [5, 5.41) is 0.917. The first-order valence-corrected chi connectivity index (χ1v) is 11.2. The molecule has 1 aromatic heterocycles. The molecule has 2 aromatic carbocycles. The number of ketones is 1. The molecule has 31 heavy (non-hydrogen) atoms. The van der Waals surface area contributed by atoms with Gasteiger partial charge in [0.2, 0.25) is 4.90 Å². The van der Waals surface area contributed by atoms with E-state index >= 15 is 0 Å². The van der Waals surface area contributed by atoms with Crippen molar-refractivity contribution in [3.8, 4) is 5.75 Å². The van der Waals surface area contributed by atoms with Crippen LogP contribution in [0.2, 0.25) is 0 Å². The second-order valence-electron chi connectivity index (χ2n) is 8.51. The Morgan fingerprint density at radius 3 is 2.55 bits per heavy atom. The lowest BCUT2D eigenvalue weighted by Crippen LogP contribution is -2.33. The zero-order valence-corrected chi connectivity index (χ0v) is 19.8. The molecule has 0 fully saturated rings. The zero-order chi connectivity index (χ0) is 22.7. The fraction of sp³-hybridized carbons (Fsp3) is 0.333. The Balaban J connectivity index is 2.03. The summed E-state index contributed by atoms with van der Waals surface area (Å²) in [7, 11) is 8.78. The highest BCUT2D eigenvalue weighted by atomic mass is 32.2. The van der Waals surface area contributed by atoms with Gasteiger partial charge in [-0.1, -0.05) is 26.0 Å². The van der Waals surface area contributed by atoms with Crippen LogP contribution in [0.5, 0.6) is 5.75 Å². The van der Waals surface area contributed by atoms with Gasteiger partial charge in [0.15, 0.2) is 11.5 Å². The quantitative estimate of drug-likeness (QED) is 0.461. The standard InChI is InChI=1S/C24H27N3O3S/c1-24(2)17-12-19(30-7)20(31(29)26(4)5)11-16(17)22(28)21-15-9-8-14(13-25-3)10-18(15)27(6)23(21)24/h8-13H,1-7H3/b25-13+. The van der Waals surface area contributed by atoms with E-state index in [9.17, 15) is 9.35 Å². The number of nitrogens with zero attached hydrogens (tertiary/aromatic N) is 3. The number of aromatic nitrogens is 1. The number of carbonyl (C=O) groups is 1. The molecule has 1 atom stereocenters. The number of aliphatic imine (C=N–C) groups is 1. The molecule has 1 heterocycles. The molecule has 1 aliphatic rings. The van der Waals surface area contributed by atoms with Crippen LogP contribution in [0.4, 0.5) is 0 Å². The highest BCUT2D eigenvalue weighted by Gasteiger charge is 2.42. The third-order valence-electron chi connectivity index (χ3n) is 6.06. The van der Waals surface area contributed by atoms with Gasteiger partial charge in [0.05, 0.1) is 24.0 Å². The predicted octanol–water partition coefficient (Wildman–Crippen LogP) is 3.69. The fourth-order valence-corrected chi connectivity index (χ4v) is 5.59. The van der Waals surface area contributed by atoms with Gasteiger partial charge in [0, 0.05) is 68.0 Å². The molecule has 0 spiro atoms. The van der Waals surface area contributed by atoms with Crippen LogP contribution < -0.4 is 4.74 Å². The first-order chi connectivity index (χ1) is 14.6. The monoisotopic (exact) mass is 437 g/mol. The largest absolute Gasteiger partial charge is 0.593 e. The van der Waals surface area contributed by atoms with Gasteiger partial charge in [-0.25, -0.2) is 0 Å². The fourth-order valence-electron chi connectivity index (χ4n) is 4.66. The molecule has 6 nitrogen and oxygen atoms in total. The van der Waals surface area contributed by atoms with E-state index in [0.29, 0.717) is 21.8 Å². The Morgan fingerprint density at radius 1 is 1.23 bits per heavy atom. The van der Waals surface area contributed by atoms with E-state index in [0.717, 1.165) is 27.7 Å². The maximum absolute atomic E-state index is 13.8. The van der Waals surface area contributed by atoms with E-state index in [1.807, 2.05) is 25.2 Å². The van der Waals surface area contributed by atoms with Crippen molar-refractivity contribution in [2.24, 2.45) is 12.0 Å². The highest BCUT2D eigenvalue weighted by molar-refractivity contribution is 7.89. The van der Waals surface area contributed by atoms with Crippen molar-refractivity contribution in [1.29, 1.82) is 0 Å². The lowest BCUT2D eigenvalue weighted by atomic mass is 9.71. The van der Waals surface area contributed by atoms with E-state index in [-0.39, 0.29) is 5.78 Å². The molecule has 162 valence electrons. The van der Waals surface area contributed by atoms with Crippen molar-refractivity contribution in [2.45, 2.75) is 24.2 Å². The minimum Gasteiger partial charge on any atom is -0.593 e. The molecule has 0 radical (unpaired) electrons. The van der Waals surface area contributed by atoms with Crippen LogP contribution >= 0.6 is 0 Å². The number of hydrogen-bond acceptors (Lipinski definition) is 5. The number of aryl methyl sites for hydroxylation is 1. The molecule has 0 saturated heterocycles. The molecule has 0 amide bonds. The minimum atomic E-state index is -1.43. The second-order valence-corrected chi connectivity index (χ2v) is 10.2. The van der Waals surface area contributed by atoms with Crippen molar-refractivity contribution in [1.82, 2.24) is 8.87 Å². The van der Waals surface area contributed by atoms with Crippen molar-refractivity contribution < 1.29 is 14.1 Å². The van der Waals surface area contributed by atoms with E-state index in [1.54, 1.807) is 44.8 Å². The molecule has 3 aromatic rings. The van der Waals surface area contributed by atoms with Gasteiger partial charge in [-0.05, 0) is 23.3 Å². The van der Waals surface area contributed by atoms with Gasteiger partial charge >= 0.3 is 0 Å². The number of rotatable bonds is 4. The Labute approximate surface area is 185 Å². The van der Waals surface area contributed by atoms with E-state index in [4.69, 9.17) is 4.74 Å². The summed E-state index contributed by atoms with van der Waals surface area (Å²) in [5.41, 5.74) is 4.66. The van der Waals surface area contributed by atoms with Crippen LogP contribution in [-0.2, 0) is 23.8 Å². The first kappa shape index (κ1) is 21.6. The molecule has 1 aliphatic carbocycles. The second kappa shape index (κ2) is 7.51. The van der Waals surface area contributed by atoms with Crippen LogP contribution in [0.15, 0.2) is 40.2 Å². The molecule has 4 rings (SSSR count). The summed E-state index contributed by atoms with van der Waals surface area (Å²) in [4.78, 5) is 18.4. The molecule has 0 N–H and O–H groups in total. The van der Waals surface area contributed by atoms with E-state index < -0.39 is 16.8 Å². The molecule has 0 saturated carbocycles. The van der Waals surface area contributed by atoms with Gasteiger partial charge in [-0.2, -0.15) is 0 Å². The third kappa shape index (κ3) is 3.11. The van der Waals surface area contributed by atoms with Crippen LogP contribution in [0.1, 0.15) is 46.6 Å². The summed E-state index contributed by atoms with van der Waals surface area (Å²) >= 11 is -1.43. The SMILES string of the molecule is C/N=C/c1ccc2c3c(n(C)c2c1)C(C)(C)c1cc(OC)c([S+]([O-])N(C)C)cc1C3=O. The van der Waals surface area contributed by atoms with Gasteiger partial charge in [0.1, 0.15) is 0 Å². The summed E-state index contributed by atoms with van der Waals surface area (Å²) in [6.07, 6.45) is 1.81. The zero-order valence-electron chi connectivity index (χ0n) is 18.9. The van der Waals surface area contributed by atoms with Crippen molar-refractivity contribution in [2.75, 3.05) is 28.3 Å². The Bertz CT molecular complexity index is 1240. The van der Waals surface area contributed by atoms with Gasteiger partial charge in [0.25, 0.3) is 0 Å². The lowest BCUT2D eigenvalue weighted by Gasteiger charge is -2.34. The molecule has 1 unspecified atom stereocenters. The van der Waals surface area contributed by atoms with Crippen molar-refractivity contribution in [3.63, 3.8) is 0 Å². The van der Waals surface area contributed by atoms with Crippen molar-refractivity contribution >= 4 is 34.3 Å². The topological polar surface area (TPSA) is 69.9 Å². The smallest absolute Gasteiger partial charge is 0.216 e. The first-order valence-electron chi connectivity index (χ1n) is 10.0.